The highest BCUT2D eigenvalue weighted by Gasteiger charge is 2.42. The lowest BCUT2D eigenvalue weighted by molar-refractivity contribution is 0.104. The van der Waals surface area contributed by atoms with E-state index in [1.165, 1.54) is 86.5 Å². The minimum absolute atomic E-state index is 0.0449. The second kappa shape index (κ2) is 12.7. The summed E-state index contributed by atoms with van der Waals surface area (Å²) >= 11 is 3.78. The fraction of sp³-hybridized carbons (Fsp3) is 0.382. The van der Waals surface area contributed by atoms with E-state index in [1.54, 1.807) is 6.08 Å². The summed E-state index contributed by atoms with van der Waals surface area (Å²) in [5, 5.41) is 0. The topological polar surface area (TPSA) is 17.1 Å². The molecule has 3 aromatic rings. The Labute approximate surface area is 226 Å². The Hall–Kier alpha value is -2.45. The van der Waals surface area contributed by atoms with Gasteiger partial charge < -0.3 is 0 Å². The summed E-state index contributed by atoms with van der Waals surface area (Å²) in [6, 6.07) is 23.2. The lowest BCUT2D eigenvalue weighted by atomic mass is 9.70. The first kappa shape index (κ1) is 26.6. The van der Waals surface area contributed by atoms with Crippen molar-refractivity contribution in [1.29, 1.82) is 0 Å². The van der Waals surface area contributed by atoms with Gasteiger partial charge in [0.25, 0.3) is 0 Å². The van der Waals surface area contributed by atoms with E-state index in [9.17, 15) is 4.79 Å². The zero-order chi connectivity index (χ0) is 25.4. The molecule has 36 heavy (non-hydrogen) atoms. The quantitative estimate of drug-likeness (QED) is 0.119. The van der Waals surface area contributed by atoms with Crippen molar-refractivity contribution in [2.45, 2.75) is 83.5 Å². The number of hydrogen-bond acceptors (Lipinski definition) is 1. The molecule has 0 heterocycles. The minimum atomic E-state index is 0.0449. The van der Waals surface area contributed by atoms with E-state index >= 15 is 0 Å². The normalized spacial score (nSPS) is 13.6. The summed E-state index contributed by atoms with van der Waals surface area (Å²) in [7, 11) is 0. The van der Waals surface area contributed by atoms with Gasteiger partial charge in [-0.2, -0.15) is 0 Å². The SMILES string of the molecule is CCCCCCC1(CCCCCC)c2cc(Br)ccc2-c2ccc(/C=C/C(=O)c3ccccc3)cc21. The number of allylic oxidation sites excluding steroid dienone is 1. The van der Waals surface area contributed by atoms with Crippen LogP contribution in [0.15, 0.2) is 77.3 Å². The van der Waals surface area contributed by atoms with E-state index < -0.39 is 0 Å². The molecule has 0 amide bonds. The molecule has 0 saturated heterocycles. The molecule has 1 aliphatic carbocycles. The molecule has 0 radical (unpaired) electrons. The van der Waals surface area contributed by atoms with Gasteiger partial charge in [0.15, 0.2) is 5.78 Å². The van der Waals surface area contributed by atoms with Crippen LogP contribution in [0.5, 0.6) is 0 Å². The Morgan fingerprint density at radius 1 is 0.750 bits per heavy atom. The fourth-order valence-electron chi connectivity index (χ4n) is 5.83. The van der Waals surface area contributed by atoms with Crippen LogP contribution in [-0.2, 0) is 5.41 Å². The molecule has 0 bridgehead atoms. The molecule has 0 saturated carbocycles. The van der Waals surface area contributed by atoms with Gasteiger partial charge in [-0.3, -0.25) is 4.79 Å². The van der Waals surface area contributed by atoms with Gasteiger partial charge >= 0.3 is 0 Å². The first-order chi connectivity index (χ1) is 17.6. The summed E-state index contributed by atoms with van der Waals surface area (Å²) in [4.78, 5) is 12.7. The molecule has 1 nitrogen and oxygen atoms in total. The predicted molar refractivity (Wildman–Crippen MR) is 158 cm³/mol. The van der Waals surface area contributed by atoms with Crippen LogP contribution < -0.4 is 0 Å². The summed E-state index contributed by atoms with van der Waals surface area (Å²) in [6.45, 7) is 4.57. The molecule has 2 heteroatoms. The molecule has 0 unspecified atom stereocenters. The van der Waals surface area contributed by atoms with Gasteiger partial charge in [-0.1, -0.05) is 142 Å². The molecule has 0 spiro atoms. The van der Waals surface area contributed by atoms with Crippen molar-refractivity contribution in [1.82, 2.24) is 0 Å². The highest BCUT2D eigenvalue weighted by molar-refractivity contribution is 9.10. The van der Waals surface area contributed by atoms with Crippen molar-refractivity contribution in [2.75, 3.05) is 0 Å². The first-order valence-electron chi connectivity index (χ1n) is 13.8. The van der Waals surface area contributed by atoms with Crippen molar-refractivity contribution in [2.24, 2.45) is 0 Å². The van der Waals surface area contributed by atoms with E-state index in [0.717, 1.165) is 15.6 Å². The Balaban J connectivity index is 1.72. The van der Waals surface area contributed by atoms with Gasteiger partial charge in [0.1, 0.15) is 0 Å². The van der Waals surface area contributed by atoms with Gasteiger partial charge in [0.2, 0.25) is 0 Å². The van der Waals surface area contributed by atoms with Gasteiger partial charge in [-0.25, -0.2) is 0 Å². The van der Waals surface area contributed by atoms with Crippen LogP contribution in [0, 0.1) is 0 Å². The van der Waals surface area contributed by atoms with Gasteiger partial charge in [0, 0.05) is 15.5 Å². The maximum atomic E-state index is 12.7. The van der Waals surface area contributed by atoms with Crippen molar-refractivity contribution >= 4 is 27.8 Å². The number of rotatable bonds is 13. The third kappa shape index (κ3) is 5.92. The molecule has 3 aromatic carbocycles. The maximum absolute atomic E-state index is 12.7. The molecule has 4 rings (SSSR count). The molecule has 188 valence electrons. The van der Waals surface area contributed by atoms with Gasteiger partial charge in [-0.05, 0) is 58.9 Å². The Morgan fingerprint density at radius 3 is 2.00 bits per heavy atom. The summed E-state index contributed by atoms with van der Waals surface area (Å²) in [5.74, 6) is 0.0497. The van der Waals surface area contributed by atoms with E-state index in [-0.39, 0.29) is 11.2 Å². The number of hydrogen-bond donors (Lipinski definition) is 0. The lowest BCUT2D eigenvalue weighted by Gasteiger charge is -2.33. The average Bonchev–Trinajstić information content (AvgIpc) is 3.16. The monoisotopic (exact) mass is 542 g/mol. The molecule has 0 aromatic heterocycles. The molecule has 1 aliphatic rings. The fourth-order valence-corrected chi connectivity index (χ4v) is 6.19. The van der Waals surface area contributed by atoms with Crippen LogP contribution >= 0.6 is 15.9 Å². The lowest BCUT2D eigenvalue weighted by Crippen LogP contribution is -2.25. The highest BCUT2D eigenvalue weighted by atomic mass is 79.9. The molecule has 0 N–H and O–H groups in total. The van der Waals surface area contributed by atoms with E-state index in [0.29, 0.717) is 0 Å². The largest absolute Gasteiger partial charge is 0.289 e. The molecule has 0 atom stereocenters. The number of carbonyl (C=O) groups is 1. The van der Waals surface area contributed by atoms with Gasteiger partial charge in [-0.15, -0.1) is 0 Å². The second-order valence-electron chi connectivity index (χ2n) is 10.3. The Bertz CT molecular complexity index is 1180. The number of benzene rings is 3. The third-order valence-corrected chi connectivity index (χ3v) is 8.24. The van der Waals surface area contributed by atoms with Crippen molar-refractivity contribution in [3.8, 4) is 11.1 Å². The Kier molecular flexibility index (Phi) is 9.37. The average molecular weight is 544 g/mol. The van der Waals surface area contributed by atoms with E-state index in [2.05, 4.69) is 66.2 Å². The number of unbranched alkanes of at least 4 members (excludes halogenated alkanes) is 6. The predicted octanol–water partition coefficient (Wildman–Crippen LogP) is 10.6. The van der Waals surface area contributed by atoms with Crippen LogP contribution in [0.4, 0.5) is 0 Å². The number of carbonyl (C=O) groups excluding carboxylic acids is 1. The van der Waals surface area contributed by atoms with Gasteiger partial charge in [0.05, 0.1) is 0 Å². The second-order valence-corrected chi connectivity index (χ2v) is 11.2. The Morgan fingerprint density at radius 2 is 1.36 bits per heavy atom. The molecule has 0 aliphatic heterocycles. The molecular formula is C34H39BrO. The zero-order valence-corrected chi connectivity index (χ0v) is 23.4. The van der Waals surface area contributed by atoms with Crippen LogP contribution in [-0.4, -0.2) is 5.78 Å². The van der Waals surface area contributed by atoms with Crippen LogP contribution in [0.3, 0.4) is 0 Å². The zero-order valence-electron chi connectivity index (χ0n) is 21.9. The minimum Gasteiger partial charge on any atom is -0.289 e. The van der Waals surface area contributed by atoms with Crippen molar-refractivity contribution in [3.63, 3.8) is 0 Å². The summed E-state index contributed by atoms with van der Waals surface area (Å²) in [6.07, 6.45) is 16.3. The van der Waals surface area contributed by atoms with Crippen LogP contribution in [0.2, 0.25) is 0 Å². The van der Waals surface area contributed by atoms with Crippen LogP contribution in [0.25, 0.3) is 17.2 Å². The highest BCUT2D eigenvalue weighted by Crippen LogP contribution is 2.55. The van der Waals surface area contributed by atoms with Crippen molar-refractivity contribution < 1.29 is 4.79 Å². The summed E-state index contributed by atoms with van der Waals surface area (Å²) in [5.41, 5.74) is 7.58. The first-order valence-corrected chi connectivity index (χ1v) is 14.6. The van der Waals surface area contributed by atoms with Crippen LogP contribution in [0.1, 0.15) is 105 Å². The maximum Gasteiger partial charge on any atom is 0.185 e. The van der Waals surface area contributed by atoms with E-state index in [4.69, 9.17) is 0 Å². The summed E-state index contributed by atoms with van der Waals surface area (Å²) < 4.78 is 1.16. The molecular weight excluding hydrogens is 504 g/mol. The van der Waals surface area contributed by atoms with E-state index in [1.807, 2.05) is 36.4 Å². The number of halogens is 1. The molecule has 0 fully saturated rings. The number of fused-ring (bicyclic) bond motifs is 3. The van der Waals surface area contributed by atoms with Crippen molar-refractivity contribution in [3.05, 3.63) is 99.5 Å². The smallest absolute Gasteiger partial charge is 0.185 e. The standard InChI is InChI=1S/C34H39BrO/c1-3-5-7-12-22-34(23-13-8-6-4-2)31-24-26(17-21-33(36)27-14-10-9-11-15-27)16-19-29(31)30-20-18-28(35)25-32(30)34/h9-11,14-21,24-25H,3-8,12-13,22-23H2,1-2H3/b21-17+. The third-order valence-electron chi connectivity index (χ3n) is 7.75. The number of ketones is 1.